The summed E-state index contributed by atoms with van der Waals surface area (Å²) in [6.45, 7) is 1.89. The number of nitrogens with one attached hydrogen (secondary N) is 2. The standard InChI is InChI=1S/C16H17N3O2S/c1-10(20)18-13-6-4-11(5-7-13)15(21)17-8-14-9-22-16(19-14)12-2-3-12/h4-7,9,12H,2-3,8H2,1H3,(H,17,21)(H,18,20). The van der Waals surface area contributed by atoms with Crippen LogP contribution in [-0.2, 0) is 11.3 Å². The van der Waals surface area contributed by atoms with Gasteiger partial charge in [0.05, 0.1) is 17.2 Å². The molecule has 0 atom stereocenters. The van der Waals surface area contributed by atoms with Gasteiger partial charge in [0.1, 0.15) is 0 Å². The molecule has 1 aromatic carbocycles. The molecule has 1 heterocycles. The lowest BCUT2D eigenvalue weighted by molar-refractivity contribution is -0.114. The third kappa shape index (κ3) is 3.71. The van der Waals surface area contributed by atoms with Crippen LogP contribution in [0, 0.1) is 0 Å². The van der Waals surface area contributed by atoms with E-state index in [2.05, 4.69) is 15.6 Å². The van der Waals surface area contributed by atoms with Gasteiger partial charge in [-0.15, -0.1) is 11.3 Å². The van der Waals surface area contributed by atoms with E-state index in [0.717, 1.165) is 5.69 Å². The van der Waals surface area contributed by atoms with Gasteiger partial charge in [0.2, 0.25) is 5.91 Å². The Hall–Kier alpha value is -2.21. The van der Waals surface area contributed by atoms with Crippen molar-refractivity contribution in [2.24, 2.45) is 0 Å². The molecule has 2 aromatic rings. The van der Waals surface area contributed by atoms with Crippen molar-refractivity contribution in [2.45, 2.75) is 32.2 Å². The maximum Gasteiger partial charge on any atom is 0.251 e. The van der Waals surface area contributed by atoms with Gasteiger partial charge in [-0.1, -0.05) is 0 Å². The van der Waals surface area contributed by atoms with Gasteiger partial charge in [0.25, 0.3) is 5.91 Å². The Bertz CT molecular complexity index is 690. The molecule has 2 N–H and O–H groups in total. The van der Waals surface area contributed by atoms with E-state index in [0.29, 0.717) is 23.7 Å². The molecule has 22 heavy (non-hydrogen) atoms. The summed E-state index contributed by atoms with van der Waals surface area (Å²) in [5, 5.41) is 8.73. The zero-order valence-electron chi connectivity index (χ0n) is 12.3. The Kier molecular flexibility index (Phi) is 4.20. The average Bonchev–Trinajstić information content (AvgIpc) is 3.24. The summed E-state index contributed by atoms with van der Waals surface area (Å²) in [6.07, 6.45) is 2.47. The molecule has 1 aliphatic rings. The summed E-state index contributed by atoms with van der Waals surface area (Å²) < 4.78 is 0. The minimum absolute atomic E-state index is 0.132. The topological polar surface area (TPSA) is 71.1 Å². The maximum atomic E-state index is 12.1. The number of thiazole rings is 1. The smallest absolute Gasteiger partial charge is 0.251 e. The quantitative estimate of drug-likeness (QED) is 0.891. The van der Waals surface area contributed by atoms with E-state index in [1.807, 2.05) is 5.38 Å². The van der Waals surface area contributed by atoms with E-state index in [1.54, 1.807) is 35.6 Å². The van der Waals surface area contributed by atoms with E-state index in [1.165, 1.54) is 24.8 Å². The molecule has 1 aromatic heterocycles. The van der Waals surface area contributed by atoms with Crippen LogP contribution in [0.4, 0.5) is 5.69 Å². The van der Waals surface area contributed by atoms with Crippen LogP contribution in [0.25, 0.3) is 0 Å². The normalized spacial score (nSPS) is 13.7. The molecule has 6 heteroatoms. The minimum Gasteiger partial charge on any atom is -0.346 e. The highest BCUT2D eigenvalue weighted by molar-refractivity contribution is 7.09. The summed E-state index contributed by atoms with van der Waals surface area (Å²) in [7, 11) is 0. The molecule has 114 valence electrons. The molecule has 0 saturated heterocycles. The average molecular weight is 315 g/mol. The second-order valence-corrected chi connectivity index (χ2v) is 6.28. The van der Waals surface area contributed by atoms with Crippen molar-refractivity contribution < 1.29 is 9.59 Å². The van der Waals surface area contributed by atoms with Crippen LogP contribution in [0.5, 0.6) is 0 Å². The van der Waals surface area contributed by atoms with Crippen LogP contribution in [0.3, 0.4) is 0 Å². The zero-order valence-corrected chi connectivity index (χ0v) is 13.1. The van der Waals surface area contributed by atoms with Crippen LogP contribution in [-0.4, -0.2) is 16.8 Å². The van der Waals surface area contributed by atoms with E-state index >= 15 is 0 Å². The third-order valence-corrected chi connectivity index (χ3v) is 4.45. The number of carbonyl (C=O) groups is 2. The number of amides is 2. The Balaban J connectivity index is 1.55. The molecule has 0 radical (unpaired) electrons. The number of hydrogen-bond acceptors (Lipinski definition) is 4. The number of nitrogens with zero attached hydrogens (tertiary/aromatic N) is 1. The number of hydrogen-bond donors (Lipinski definition) is 2. The van der Waals surface area contributed by atoms with Crippen molar-refractivity contribution in [3.05, 3.63) is 45.9 Å². The number of aromatic nitrogens is 1. The van der Waals surface area contributed by atoms with Gasteiger partial charge in [-0.3, -0.25) is 9.59 Å². The van der Waals surface area contributed by atoms with Crippen LogP contribution in [0.2, 0.25) is 0 Å². The van der Waals surface area contributed by atoms with E-state index < -0.39 is 0 Å². The van der Waals surface area contributed by atoms with Crippen molar-refractivity contribution in [1.82, 2.24) is 10.3 Å². The van der Waals surface area contributed by atoms with Crippen LogP contribution >= 0.6 is 11.3 Å². The van der Waals surface area contributed by atoms with Crippen molar-refractivity contribution in [3.8, 4) is 0 Å². The lowest BCUT2D eigenvalue weighted by Crippen LogP contribution is -2.23. The second-order valence-electron chi connectivity index (χ2n) is 5.39. The second kappa shape index (κ2) is 6.27. The monoisotopic (exact) mass is 315 g/mol. The summed E-state index contributed by atoms with van der Waals surface area (Å²) in [5.41, 5.74) is 2.15. The number of carbonyl (C=O) groups excluding carboxylic acids is 2. The molecule has 0 bridgehead atoms. The number of anilines is 1. The third-order valence-electron chi connectivity index (χ3n) is 3.39. The Morgan fingerprint density at radius 2 is 2.00 bits per heavy atom. The molecule has 0 unspecified atom stereocenters. The first kappa shape index (κ1) is 14.7. The summed E-state index contributed by atoms with van der Waals surface area (Å²) in [5.74, 6) is 0.373. The fraction of sp³-hybridized carbons (Fsp3) is 0.312. The number of rotatable bonds is 5. The molecule has 3 rings (SSSR count). The Labute approximate surface area is 132 Å². The molecule has 1 aliphatic carbocycles. The Morgan fingerprint density at radius 3 is 2.64 bits per heavy atom. The minimum atomic E-state index is -0.143. The maximum absolute atomic E-state index is 12.1. The fourth-order valence-corrected chi connectivity index (χ4v) is 3.09. The van der Waals surface area contributed by atoms with Gasteiger partial charge in [0, 0.05) is 29.5 Å². The molecule has 1 saturated carbocycles. The van der Waals surface area contributed by atoms with Crippen LogP contribution in [0.15, 0.2) is 29.6 Å². The van der Waals surface area contributed by atoms with Crippen molar-refractivity contribution in [2.75, 3.05) is 5.32 Å². The predicted molar refractivity (Wildman–Crippen MR) is 86.0 cm³/mol. The van der Waals surface area contributed by atoms with Gasteiger partial charge in [-0.2, -0.15) is 0 Å². The molecule has 5 nitrogen and oxygen atoms in total. The molecule has 0 aliphatic heterocycles. The molecule has 1 fully saturated rings. The highest BCUT2D eigenvalue weighted by Crippen LogP contribution is 2.41. The van der Waals surface area contributed by atoms with E-state index in [-0.39, 0.29) is 11.8 Å². The highest BCUT2D eigenvalue weighted by atomic mass is 32.1. The van der Waals surface area contributed by atoms with Gasteiger partial charge < -0.3 is 10.6 Å². The van der Waals surface area contributed by atoms with Gasteiger partial charge >= 0.3 is 0 Å². The van der Waals surface area contributed by atoms with E-state index in [4.69, 9.17) is 0 Å². The SMILES string of the molecule is CC(=O)Nc1ccc(C(=O)NCc2csc(C3CC3)n2)cc1. The Morgan fingerprint density at radius 1 is 1.27 bits per heavy atom. The zero-order chi connectivity index (χ0) is 15.5. The first-order chi connectivity index (χ1) is 10.6. The largest absolute Gasteiger partial charge is 0.346 e. The summed E-state index contributed by atoms with van der Waals surface area (Å²) >= 11 is 1.67. The van der Waals surface area contributed by atoms with Crippen molar-refractivity contribution in [3.63, 3.8) is 0 Å². The van der Waals surface area contributed by atoms with Crippen LogP contribution < -0.4 is 10.6 Å². The molecular weight excluding hydrogens is 298 g/mol. The molecule has 0 spiro atoms. The lowest BCUT2D eigenvalue weighted by Gasteiger charge is -2.05. The molecule has 2 amide bonds. The van der Waals surface area contributed by atoms with Gasteiger partial charge in [-0.25, -0.2) is 4.98 Å². The van der Waals surface area contributed by atoms with Crippen molar-refractivity contribution >= 4 is 28.8 Å². The van der Waals surface area contributed by atoms with Crippen LogP contribution in [0.1, 0.15) is 46.7 Å². The first-order valence-corrected chi connectivity index (χ1v) is 8.10. The molecular formula is C16H17N3O2S. The highest BCUT2D eigenvalue weighted by Gasteiger charge is 2.26. The van der Waals surface area contributed by atoms with Gasteiger partial charge in [-0.05, 0) is 37.1 Å². The summed E-state index contributed by atoms with van der Waals surface area (Å²) in [4.78, 5) is 27.6. The van der Waals surface area contributed by atoms with Gasteiger partial charge in [0.15, 0.2) is 0 Å². The number of benzene rings is 1. The summed E-state index contributed by atoms with van der Waals surface area (Å²) in [6, 6.07) is 6.81. The first-order valence-electron chi connectivity index (χ1n) is 7.22. The van der Waals surface area contributed by atoms with Crippen molar-refractivity contribution in [1.29, 1.82) is 0 Å². The lowest BCUT2D eigenvalue weighted by atomic mass is 10.2. The van der Waals surface area contributed by atoms with E-state index in [9.17, 15) is 9.59 Å². The fourth-order valence-electron chi connectivity index (χ4n) is 2.10. The predicted octanol–water partition coefficient (Wildman–Crippen LogP) is 2.91.